The highest BCUT2D eigenvalue weighted by molar-refractivity contribution is 5.96. The number of rotatable bonds is 9. The quantitative estimate of drug-likeness (QED) is 0.365. The first-order valence-corrected chi connectivity index (χ1v) is 13.5. The topological polar surface area (TPSA) is 38.4 Å². The number of piperazine rings is 1. The number of aromatic nitrogens is 2. The largest absolute Gasteiger partial charge is 0.370 e. The summed E-state index contributed by atoms with van der Waals surface area (Å²) in [6, 6.07) is 15.1. The fourth-order valence-electron chi connectivity index (χ4n) is 4.45. The molecule has 3 aromatic rings. The maximum absolute atomic E-state index is 4.66. The Morgan fingerprint density at radius 3 is 2.29 bits per heavy atom. The molecule has 0 spiro atoms. The molecule has 1 saturated heterocycles. The molecule has 0 bridgehead atoms. The molecule has 4 rings (SSSR count). The van der Waals surface area contributed by atoms with Gasteiger partial charge in [-0.2, -0.15) is 5.10 Å². The van der Waals surface area contributed by atoms with E-state index in [1.807, 2.05) is 6.07 Å². The summed E-state index contributed by atoms with van der Waals surface area (Å²) >= 11 is 0. The highest BCUT2D eigenvalue weighted by Crippen LogP contribution is 2.36. The van der Waals surface area contributed by atoms with E-state index in [2.05, 4.69) is 108 Å². The van der Waals surface area contributed by atoms with Crippen molar-refractivity contribution >= 4 is 34.4 Å². The van der Waals surface area contributed by atoms with E-state index in [1.165, 1.54) is 41.6 Å². The molecule has 2 aromatic carbocycles. The minimum absolute atomic E-state index is 1.00. The Morgan fingerprint density at radius 1 is 0.914 bits per heavy atom. The maximum Gasteiger partial charge on any atom is 0.0928 e. The van der Waals surface area contributed by atoms with Crippen LogP contribution in [0.15, 0.2) is 42.5 Å². The Bertz CT molecular complexity index is 1030. The molecular weight excluding hydrogens is 430 g/mol. The summed E-state index contributed by atoms with van der Waals surface area (Å²) in [6.45, 7) is 15.3. The smallest absolute Gasteiger partial charge is 0.0928 e. The first-order chi connectivity index (χ1) is 17.1. The molecule has 1 aliphatic rings. The van der Waals surface area contributed by atoms with Gasteiger partial charge in [-0.3, -0.25) is 5.10 Å². The van der Waals surface area contributed by atoms with Crippen LogP contribution >= 0.6 is 0 Å². The number of nitrogens with zero attached hydrogens (tertiary/aromatic N) is 4. The summed E-state index contributed by atoms with van der Waals surface area (Å²) in [6.07, 6.45) is 9.10. The molecule has 1 N–H and O–H groups in total. The molecule has 35 heavy (non-hydrogen) atoms. The molecule has 0 radical (unpaired) electrons. The van der Waals surface area contributed by atoms with Crippen LogP contribution in [0.2, 0.25) is 0 Å². The predicted molar refractivity (Wildman–Crippen MR) is 155 cm³/mol. The van der Waals surface area contributed by atoms with Crippen LogP contribution in [0.3, 0.4) is 0 Å². The summed E-state index contributed by atoms with van der Waals surface area (Å²) in [5.74, 6) is 0. The normalized spacial score (nSPS) is 14.4. The second-order valence-corrected chi connectivity index (χ2v) is 9.58. The fraction of sp³-hybridized carbons (Fsp3) is 0.500. The van der Waals surface area contributed by atoms with Gasteiger partial charge in [-0.25, -0.2) is 0 Å². The van der Waals surface area contributed by atoms with Gasteiger partial charge >= 0.3 is 0 Å². The molecule has 0 amide bonds. The fourth-order valence-corrected chi connectivity index (χ4v) is 4.45. The second kappa shape index (κ2) is 13.9. The molecule has 1 aliphatic heterocycles. The van der Waals surface area contributed by atoms with E-state index in [4.69, 9.17) is 0 Å². The highest BCUT2D eigenvalue weighted by Gasteiger charge is 2.21. The molecule has 0 aliphatic carbocycles. The van der Waals surface area contributed by atoms with Crippen molar-refractivity contribution in [3.63, 3.8) is 0 Å². The van der Waals surface area contributed by atoms with Crippen molar-refractivity contribution < 1.29 is 0 Å². The SMILES string of the molecule is CCC.CCCCN(CCC)c1cc2c(/C=C/c3ccccc3)n[nH]c2cc1N1CCN(C)CC1. The van der Waals surface area contributed by atoms with Crippen LogP contribution in [-0.4, -0.2) is 61.4 Å². The average molecular weight is 476 g/mol. The number of hydrogen-bond donors (Lipinski definition) is 1. The maximum atomic E-state index is 4.66. The molecular formula is C30H45N5. The van der Waals surface area contributed by atoms with Crippen molar-refractivity contribution in [3.8, 4) is 0 Å². The van der Waals surface area contributed by atoms with E-state index in [9.17, 15) is 0 Å². The van der Waals surface area contributed by atoms with Crippen LogP contribution < -0.4 is 9.80 Å². The number of benzene rings is 2. The third-order valence-corrected chi connectivity index (χ3v) is 6.38. The molecule has 1 aromatic heterocycles. The van der Waals surface area contributed by atoms with Gasteiger partial charge in [-0.1, -0.05) is 76.9 Å². The Balaban J connectivity index is 0.00000108. The molecule has 0 atom stereocenters. The zero-order chi connectivity index (χ0) is 25.0. The lowest BCUT2D eigenvalue weighted by atomic mass is 10.1. The van der Waals surface area contributed by atoms with Gasteiger partial charge in [0, 0.05) is 44.7 Å². The third kappa shape index (κ3) is 7.35. The number of H-pyrrole nitrogens is 1. The molecule has 0 unspecified atom stereocenters. The highest BCUT2D eigenvalue weighted by atomic mass is 15.3. The minimum Gasteiger partial charge on any atom is -0.370 e. The Hall–Kier alpha value is -2.79. The van der Waals surface area contributed by atoms with Crippen molar-refractivity contribution in [1.29, 1.82) is 0 Å². The number of likely N-dealkylation sites (N-methyl/N-ethyl adjacent to an activating group) is 1. The van der Waals surface area contributed by atoms with Gasteiger partial charge in [-0.15, -0.1) is 0 Å². The lowest BCUT2D eigenvalue weighted by Crippen LogP contribution is -2.45. The van der Waals surface area contributed by atoms with Crippen molar-refractivity contribution in [2.45, 2.75) is 53.4 Å². The number of fused-ring (bicyclic) bond motifs is 1. The predicted octanol–water partition coefficient (Wildman–Crippen LogP) is 6.92. The van der Waals surface area contributed by atoms with E-state index >= 15 is 0 Å². The standard InChI is InChI=1S/C27H37N5.C3H8/c1-4-6-15-31(14-5-2)26-20-23-24(13-12-22-10-8-7-9-11-22)28-29-25(23)21-27(26)32-18-16-30(3)17-19-32;1-3-2/h7-13,20-21H,4-6,14-19H2,1-3H3,(H,28,29);3H2,1-2H3/b13-12+;. The van der Waals surface area contributed by atoms with Crippen LogP contribution in [0.4, 0.5) is 11.4 Å². The Labute approximate surface area is 212 Å². The van der Waals surface area contributed by atoms with Gasteiger partial charge in [0.05, 0.1) is 22.6 Å². The Kier molecular flexibility index (Phi) is 10.7. The van der Waals surface area contributed by atoms with Gasteiger partial charge in [0.15, 0.2) is 0 Å². The molecule has 5 heteroatoms. The number of nitrogens with one attached hydrogen (secondary N) is 1. The number of aromatic amines is 1. The van der Waals surface area contributed by atoms with Gasteiger partial charge in [0.2, 0.25) is 0 Å². The van der Waals surface area contributed by atoms with Crippen LogP contribution in [0.25, 0.3) is 23.1 Å². The lowest BCUT2D eigenvalue weighted by molar-refractivity contribution is 0.313. The zero-order valence-electron chi connectivity index (χ0n) is 22.6. The monoisotopic (exact) mass is 475 g/mol. The molecule has 0 saturated carbocycles. The summed E-state index contributed by atoms with van der Waals surface area (Å²) in [4.78, 5) is 7.57. The van der Waals surface area contributed by atoms with Crippen LogP contribution in [0.5, 0.6) is 0 Å². The Morgan fingerprint density at radius 2 is 1.63 bits per heavy atom. The molecule has 5 nitrogen and oxygen atoms in total. The van der Waals surface area contributed by atoms with Gasteiger partial charge < -0.3 is 14.7 Å². The summed E-state index contributed by atoms with van der Waals surface area (Å²) < 4.78 is 0. The van der Waals surface area contributed by atoms with E-state index in [-0.39, 0.29) is 0 Å². The summed E-state index contributed by atoms with van der Waals surface area (Å²) in [7, 11) is 2.21. The first kappa shape index (κ1) is 26.8. The average Bonchev–Trinajstić information content (AvgIpc) is 3.28. The number of hydrogen-bond acceptors (Lipinski definition) is 4. The number of unbranched alkanes of at least 4 members (excludes halogenated alkanes) is 1. The lowest BCUT2D eigenvalue weighted by Gasteiger charge is -2.37. The minimum atomic E-state index is 1.00. The zero-order valence-corrected chi connectivity index (χ0v) is 22.6. The third-order valence-electron chi connectivity index (χ3n) is 6.38. The van der Waals surface area contributed by atoms with Crippen LogP contribution in [0, 0.1) is 0 Å². The van der Waals surface area contributed by atoms with Gasteiger partial charge in [-0.05, 0) is 43.7 Å². The van der Waals surface area contributed by atoms with Crippen molar-refractivity contribution in [1.82, 2.24) is 15.1 Å². The second-order valence-electron chi connectivity index (χ2n) is 9.58. The van der Waals surface area contributed by atoms with E-state index in [0.717, 1.165) is 56.9 Å². The van der Waals surface area contributed by atoms with Gasteiger partial charge in [0.1, 0.15) is 0 Å². The summed E-state index contributed by atoms with van der Waals surface area (Å²) in [5, 5.41) is 9.15. The number of anilines is 2. The van der Waals surface area contributed by atoms with Crippen LogP contribution in [0.1, 0.15) is 64.6 Å². The molecule has 190 valence electrons. The van der Waals surface area contributed by atoms with E-state index in [0.29, 0.717) is 0 Å². The van der Waals surface area contributed by atoms with Gasteiger partial charge in [0.25, 0.3) is 0 Å². The van der Waals surface area contributed by atoms with Crippen molar-refractivity contribution in [3.05, 3.63) is 53.7 Å². The van der Waals surface area contributed by atoms with E-state index < -0.39 is 0 Å². The van der Waals surface area contributed by atoms with E-state index in [1.54, 1.807) is 0 Å². The van der Waals surface area contributed by atoms with Crippen molar-refractivity contribution in [2.24, 2.45) is 0 Å². The molecule has 2 heterocycles. The first-order valence-electron chi connectivity index (χ1n) is 13.5. The van der Waals surface area contributed by atoms with Crippen LogP contribution in [-0.2, 0) is 0 Å². The van der Waals surface area contributed by atoms with Crippen molar-refractivity contribution in [2.75, 3.05) is 56.1 Å². The molecule has 1 fully saturated rings. The summed E-state index contributed by atoms with van der Waals surface area (Å²) in [5.41, 5.74) is 6.00.